The molecule has 1 aliphatic heterocycles. The number of nitrogens with zero attached hydrogens (tertiary/aromatic N) is 1. The Morgan fingerprint density at radius 2 is 2.00 bits per heavy atom. The minimum Gasteiger partial charge on any atom is -0.242 e. The molecule has 0 spiro atoms. The molecule has 0 aliphatic carbocycles. The third kappa shape index (κ3) is 3.06. The van der Waals surface area contributed by atoms with Crippen LogP contribution in [0.4, 0.5) is 0 Å². The van der Waals surface area contributed by atoms with Gasteiger partial charge in [-0.1, -0.05) is 6.92 Å². The van der Waals surface area contributed by atoms with Crippen LogP contribution in [0.3, 0.4) is 0 Å². The lowest BCUT2D eigenvalue weighted by Gasteiger charge is -2.34. The summed E-state index contributed by atoms with van der Waals surface area (Å²) < 4.78 is 14.0. The van der Waals surface area contributed by atoms with Crippen LogP contribution in [0.15, 0.2) is 0 Å². The third-order valence-corrected chi connectivity index (χ3v) is 4.23. The zero-order chi connectivity index (χ0) is 10.1. The van der Waals surface area contributed by atoms with Crippen LogP contribution in [0, 0.1) is 5.92 Å². The van der Waals surface area contributed by atoms with E-state index < -0.39 is 11.0 Å². The lowest BCUT2D eigenvalue weighted by atomic mass is 10.0. The molecule has 1 heterocycles. The van der Waals surface area contributed by atoms with Crippen LogP contribution >= 0.6 is 0 Å². The molecule has 0 radical (unpaired) electrons. The van der Waals surface area contributed by atoms with Crippen LogP contribution < -0.4 is 0 Å². The Morgan fingerprint density at radius 1 is 1.38 bits per heavy atom. The number of hydrogen-bond acceptors (Lipinski definition) is 1. The highest BCUT2D eigenvalue weighted by Gasteiger charge is 2.28. The molecule has 0 aromatic carbocycles. The van der Waals surface area contributed by atoms with Gasteiger partial charge < -0.3 is 0 Å². The van der Waals surface area contributed by atoms with Crippen molar-refractivity contribution in [2.75, 3.05) is 13.1 Å². The summed E-state index contributed by atoms with van der Waals surface area (Å²) in [5.41, 5.74) is 0. The lowest BCUT2D eigenvalue weighted by molar-refractivity contribution is 0.289. The molecule has 0 aromatic rings. The molecule has 0 aromatic heterocycles. The van der Waals surface area contributed by atoms with Gasteiger partial charge >= 0.3 is 0 Å². The lowest BCUT2D eigenvalue weighted by Crippen LogP contribution is -2.42. The Hall–Kier alpha value is 0.110. The molecule has 3 heteroatoms. The molecular weight excluding hydrogens is 182 g/mol. The number of rotatable bonds is 1. The van der Waals surface area contributed by atoms with Gasteiger partial charge in [0, 0.05) is 13.1 Å². The summed E-state index contributed by atoms with van der Waals surface area (Å²) in [7, 11) is -0.811. The summed E-state index contributed by atoms with van der Waals surface area (Å²) >= 11 is 0. The van der Waals surface area contributed by atoms with Gasteiger partial charge in [-0.2, -0.15) is 0 Å². The molecule has 1 saturated heterocycles. The third-order valence-electron chi connectivity index (χ3n) is 2.38. The van der Waals surface area contributed by atoms with Gasteiger partial charge in [-0.25, -0.2) is 8.51 Å². The molecule has 13 heavy (non-hydrogen) atoms. The smallest absolute Gasteiger partial charge is 0.0997 e. The topological polar surface area (TPSA) is 20.3 Å². The van der Waals surface area contributed by atoms with Crippen molar-refractivity contribution in [2.45, 2.75) is 45.3 Å². The second kappa shape index (κ2) is 4.09. The largest absolute Gasteiger partial charge is 0.242 e. The first-order valence-electron chi connectivity index (χ1n) is 5.08. The monoisotopic (exact) mass is 203 g/mol. The predicted octanol–water partition coefficient (Wildman–Crippen LogP) is 2.18. The van der Waals surface area contributed by atoms with Gasteiger partial charge in [-0.05, 0) is 39.5 Å². The van der Waals surface area contributed by atoms with Crippen LogP contribution in [0.5, 0.6) is 0 Å². The SMILES string of the molecule is C[C@@H]1CCCN(S(=O)C(C)(C)C)C1. The average Bonchev–Trinajstić information content (AvgIpc) is 2.01. The van der Waals surface area contributed by atoms with Crippen molar-refractivity contribution in [2.24, 2.45) is 5.92 Å². The minimum absolute atomic E-state index is 0.100. The van der Waals surface area contributed by atoms with E-state index in [0.29, 0.717) is 5.92 Å². The summed E-state index contributed by atoms with van der Waals surface area (Å²) in [6.45, 7) is 10.4. The van der Waals surface area contributed by atoms with Gasteiger partial charge in [0.15, 0.2) is 0 Å². The standard InChI is InChI=1S/C10H21NOS/c1-9-6-5-7-11(8-9)13(12)10(2,3)4/h9H,5-8H2,1-4H3/t9-,13?/m1/s1. The summed E-state index contributed by atoms with van der Waals surface area (Å²) in [6, 6.07) is 0. The fourth-order valence-electron chi connectivity index (χ4n) is 1.68. The van der Waals surface area contributed by atoms with Gasteiger partial charge in [0.05, 0.1) is 15.7 Å². The van der Waals surface area contributed by atoms with Gasteiger partial charge in [0.1, 0.15) is 0 Å². The average molecular weight is 203 g/mol. The zero-order valence-electron chi connectivity index (χ0n) is 9.17. The molecule has 0 saturated carbocycles. The van der Waals surface area contributed by atoms with E-state index in [2.05, 4.69) is 11.2 Å². The van der Waals surface area contributed by atoms with Crippen molar-refractivity contribution >= 4 is 11.0 Å². The fraction of sp³-hybridized carbons (Fsp3) is 1.00. The molecule has 1 unspecified atom stereocenters. The van der Waals surface area contributed by atoms with E-state index in [4.69, 9.17) is 0 Å². The van der Waals surface area contributed by atoms with Crippen LogP contribution in [0.25, 0.3) is 0 Å². The van der Waals surface area contributed by atoms with Crippen molar-refractivity contribution in [1.82, 2.24) is 4.31 Å². The second-order valence-corrected chi connectivity index (χ2v) is 7.24. The van der Waals surface area contributed by atoms with E-state index >= 15 is 0 Å². The summed E-state index contributed by atoms with van der Waals surface area (Å²) in [6.07, 6.45) is 2.49. The molecular formula is C10H21NOS. The van der Waals surface area contributed by atoms with Crippen molar-refractivity contribution in [3.8, 4) is 0 Å². The first kappa shape index (κ1) is 11.2. The second-order valence-electron chi connectivity index (χ2n) is 5.00. The van der Waals surface area contributed by atoms with E-state index in [1.54, 1.807) is 0 Å². The summed E-state index contributed by atoms with van der Waals surface area (Å²) in [5, 5.41) is 0. The van der Waals surface area contributed by atoms with Crippen molar-refractivity contribution < 1.29 is 4.21 Å². The Morgan fingerprint density at radius 3 is 2.46 bits per heavy atom. The summed E-state index contributed by atoms with van der Waals surface area (Å²) in [4.78, 5) is 0. The van der Waals surface area contributed by atoms with E-state index in [-0.39, 0.29) is 4.75 Å². The molecule has 1 aliphatic rings. The first-order valence-corrected chi connectivity index (χ1v) is 6.19. The van der Waals surface area contributed by atoms with Crippen LogP contribution in [-0.2, 0) is 11.0 Å². The Labute approximate surface area is 84.3 Å². The van der Waals surface area contributed by atoms with Gasteiger partial charge in [0.25, 0.3) is 0 Å². The highest BCUT2D eigenvalue weighted by Crippen LogP contribution is 2.22. The molecule has 2 nitrogen and oxygen atoms in total. The van der Waals surface area contributed by atoms with E-state index in [0.717, 1.165) is 13.1 Å². The molecule has 0 N–H and O–H groups in total. The van der Waals surface area contributed by atoms with E-state index in [1.807, 2.05) is 20.8 Å². The van der Waals surface area contributed by atoms with Crippen molar-refractivity contribution in [3.63, 3.8) is 0 Å². The van der Waals surface area contributed by atoms with E-state index in [1.165, 1.54) is 12.8 Å². The maximum absolute atomic E-state index is 12.0. The Balaban J connectivity index is 2.56. The molecule has 0 amide bonds. The van der Waals surface area contributed by atoms with Crippen LogP contribution in [0.1, 0.15) is 40.5 Å². The Kier molecular flexibility index (Phi) is 3.52. The number of piperidine rings is 1. The maximum Gasteiger partial charge on any atom is 0.0997 e. The molecule has 0 bridgehead atoms. The summed E-state index contributed by atoms with van der Waals surface area (Å²) in [5.74, 6) is 0.708. The molecule has 1 fully saturated rings. The minimum atomic E-state index is -0.811. The zero-order valence-corrected chi connectivity index (χ0v) is 9.99. The van der Waals surface area contributed by atoms with Crippen LogP contribution in [0.2, 0.25) is 0 Å². The molecule has 78 valence electrons. The Bertz CT molecular complexity index is 198. The molecule has 1 rings (SSSR count). The van der Waals surface area contributed by atoms with Gasteiger partial charge in [-0.15, -0.1) is 0 Å². The van der Waals surface area contributed by atoms with Crippen molar-refractivity contribution in [3.05, 3.63) is 0 Å². The highest BCUT2D eigenvalue weighted by molar-refractivity contribution is 7.84. The highest BCUT2D eigenvalue weighted by atomic mass is 32.2. The van der Waals surface area contributed by atoms with Gasteiger partial charge in [-0.3, -0.25) is 0 Å². The first-order chi connectivity index (χ1) is 5.91. The van der Waals surface area contributed by atoms with Gasteiger partial charge in [0.2, 0.25) is 0 Å². The predicted molar refractivity (Wildman–Crippen MR) is 57.9 cm³/mol. The van der Waals surface area contributed by atoms with E-state index in [9.17, 15) is 4.21 Å². The quantitative estimate of drug-likeness (QED) is 0.639. The van der Waals surface area contributed by atoms with Crippen LogP contribution in [-0.4, -0.2) is 26.4 Å². The van der Waals surface area contributed by atoms with Crippen molar-refractivity contribution in [1.29, 1.82) is 0 Å². The maximum atomic E-state index is 12.0. The molecule has 2 atom stereocenters. The normalized spacial score (nSPS) is 28.8. The fourth-order valence-corrected chi connectivity index (χ4v) is 3.14. The number of hydrogen-bond donors (Lipinski definition) is 0.